The molecule has 0 atom stereocenters. The van der Waals surface area contributed by atoms with Gasteiger partial charge in [-0.05, 0) is 55.7 Å². The minimum absolute atomic E-state index is 0.00403. The fourth-order valence-electron chi connectivity index (χ4n) is 4.01. The van der Waals surface area contributed by atoms with Crippen molar-refractivity contribution in [1.82, 2.24) is 14.7 Å². The van der Waals surface area contributed by atoms with Gasteiger partial charge in [-0.25, -0.2) is 4.68 Å². The lowest BCUT2D eigenvalue weighted by Gasteiger charge is -2.30. The SMILES string of the molecule is Cc1nn(Cc2ccc(Cl)cc2)c(Cl)c1/C=C/C(=O)N1CCC(C(=O)Nc2ccccc2)CC1. The first-order valence-corrected chi connectivity index (χ1v) is 12.0. The van der Waals surface area contributed by atoms with Gasteiger partial charge in [-0.1, -0.05) is 53.5 Å². The highest BCUT2D eigenvalue weighted by molar-refractivity contribution is 6.31. The van der Waals surface area contributed by atoms with Crippen LogP contribution in [0.5, 0.6) is 0 Å². The Kier molecular flexibility index (Phi) is 7.70. The Hall–Kier alpha value is -3.09. The Morgan fingerprint density at radius 1 is 1.06 bits per heavy atom. The number of carbonyl (C=O) groups is 2. The maximum Gasteiger partial charge on any atom is 0.246 e. The highest BCUT2D eigenvalue weighted by atomic mass is 35.5. The first-order chi connectivity index (χ1) is 16.4. The fraction of sp³-hybridized carbons (Fsp3) is 0.269. The molecule has 34 heavy (non-hydrogen) atoms. The number of aryl methyl sites for hydroxylation is 1. The van der Waals surface area contributed by atoms with Crippen molar-refractivity contribution in [2.45, 2.75) is 26.3 Å². The summed E-state index contributed by atoms with van der Waals surface area (Å²) in [4.78, 5) is 27.0. The fourth-order valence-corrected chi connectivity index (χ4v) is 4.44. The molecule has 2 aromatic carbocycles. The molecule has 8 heteroatoms. The molecule has 0 aliphatic carbocycles. The molecule has 1 fully saturated rings. The van der Waals surface area contributed by atoms with Crippen molar-refractivity contribution in [3.63, 3.8) is 0 Å². The van der Waals surface area contributed by atoms with Gasteiger partial charge in [-0.15, -0.1) is 0 Å². The lowest BCUT2D eigenvalue weighted by molar-refractivity contribution is -0.130. The van der Waals surface area contributed by atoms with E-state index in [0.29, 0.717) is 42.7 Å². The average molecular weight is 497 g/mol. The second-order valence-corrected chi connectivity index (χ2v) is 9.16. The molecule has 176 valence electrons. The third-order valence-corrected chi connectivity index (χ3v) is 6.62. The average Bonchev–Trinajstić information content (AvgIpc) is 3.11. The molecule has 1 aliphatic heterocycles. The van der Waals surface area contributed by atoms with E-state index in [1.807, 2.05) is 61.5 Å². The van der Waals surface area contributed by atoms with Crippen molar-refractivity contribution in [1.29, 1.82) is 0 Å². The molecule has 0 bridgehead atoms. The first-order valence-electron chi connectivity index (χ1n) is 11.2. The lowest BCUT2D eigenvalue weighted by atomic mass is 9.95. The van der Waals surface area contributed by atoms with E-state index in [1.54, 1.807) is 15.7 Å². The number of anilines is 1. The first kappa shape index (κ1) is 24.0. The van der Waals surface area contributed by atoms with Crippen LogP contribution in [0.15, 0.2) is 60.7 Å². The molecular weight excluding hydrogens is 471 g/mol. The Balaban J connectivity index is 1.33. The minimum Gasteiger partial charge on any atom is -0.339 e. The summed E-state index contributed by atoms with van der Waals surface area (Å²) in [5.41, 5.74) is 3.29. The Morgan fingerprint density at radius 2 is 1.74 bits per heavy atom. The molecule has 2 amide bonds. The van der Waals surface area contributed by atoms with Crippen molar-refractivity contribution >= 4 is 46.8 Å². The Bertz CT molecular complexity index is 1180. The van der Waals surface area contributed by atoms with Gasteiger partial charge in [0.1, 0.15) is 5.15 Å². The van der Waals surface area contributed by atoms with Crippen LogP contribution in [0, 0.1) is 12.8 Å². The van der Waals surface area contributed by atoms with Gasteiger partial charge in [0.25, 0.3) is 0 Å². The van der Waals surface area contributed by atoms with E-state index < -0.39 is 0 Å². The molecule has 1 N–H and O–H groups in total. The smallest absolute Gasteiger partial charge is 0.246 e. The summed E-state index contributed by atoms with van der Waals surface area (Å²) in [6.45, 7) is 3.46. The summed E-state index contributed by atoms with van der Waals surface area (Å²) in [5.74, 6) is -0.191. The Labute approximate surface area is 209 Å². The van der Waals surface area contributed by atoms with Gasteiger partial charge >= 0.3 is 0 Å². The van der Waals surface area contributed by atoms with Crippen LogP contribution in [0.1, 0.15) is 29.7 Å². The highest BCUT2D eigenvalue weighted by Gasteiger charge is 2.26. The molecule has 0 unspecified atom stereocenters. The van der Waals surface area contributed by atoms with Crippen molar-refractivity contribution in [2.24, 2.45) is 5.92 Å². The molecule has 1 aromatic heterocycles. The number of carbonyl (C=O) groups excluding carboxylic acids is 2. The molecular formula is C26H26Cl2N4O2. The van der Waals surface area contributed by atoms with E-state index in [4.69, 9.17) is 23.2 Å². The number of hydrogen-bond acceptors (Lipinski definition) is 3. The van der Waals surface area contributed by atoms with Gasteiger partial charge < -0.3 is 10.2 Å². The van der Waals surface area contributed by atoms with Gasteiger partial charge in [0.05, 0.1) is 12.2 Å². The number of rotatable bonds is 6. The van der Waals surface area contributed by atoms with E-state index >= 15 is 0 Å². The van der Waals surface area contributed by atoms with E-state index in [2.05, 4.69) is 10.4 Å². The van der Waals surface area contributed by atoms with Crippen LogP contribution in [0.25, 0.3) is 6.08 Å². The van der Waals surface area contributed by atoms with Crippen LogP contribution in [0.3, 0.4) is 0 Å². The Morgan fingerprint density at radius 3 is 2.41 bits per heavy atom. The third kappa shape index (κ3) is 5.88. The summed E-state index contributed by atoms with van der Waals surface area (Å²) in [7, 11) is 0. The second-order valence-electron chi connectivity index (χ2n) is 8.36. The summed E-state index contributed by atoms with van der Waals surface area (Å²) >= 11 is 12.5. The van der Waals surface area contributed by atoms with Crippen molar-refractivity contribution in [3.8, 4) is 0 Å². The zero-order valence-corrected chi connectivity index (χ0v) is 20.4. The summed E-state index contributed by atoms with van der Waals surface area (Å²) in [5, 5.41) is 8.62. The molecule has 0 saturated carbocycles. The minimum atomic E-state index is -0.101. The quantitative estimate of drug-likeness (QED) is 0.462. The largest absolute Gasteiger partial charge is 0.339 e. The van der Waals surface area contributed by atoms with Crippen LogP contribution in [-0.2, 0) is 16.1 Å². The number of halogens is 2. The van der Waals surface area contributed by atoms with E-state index in [0.717, 1.165) is 22.5 Å². The second kappa shape index (κ2) is 10.9. The number of amides is 2. The maximum absolute atomic E-state index is 12.7. The molecule has 1 saturated heterocycles. The number of aromatic nitrogens is 2. The lowest BCUT2D eigenvalue weighted by Crippen LogP contribution is -2.40. The number of hydrogen-bond donors (Lipinski definition) is 1. The topological polar surface area (TPSA) is 67.2 Å². The standard InChI is InChI=1S/C26H26Cl2N4O2/c1-18-23(25(28)32(30-18)17-19-7-9-21(27)10-8-19)11-12-24(33)31-15-13-20(14-16-31)26(34)29-22-5-3-2-4-6-22/h2-12,20H,13-17H2,1H3,(H,29,34)/b12-11+. The van der Waals surface area contributed by atoms with Crippen LogP contribution in [-0.4, -0.2) is 39.6 Å². The van der Waals surface area contributed by atoms with Crippen molar-refractivity contribution in [3.05, 3.63) is 87.7 Å². The number of benzene rings is 2. The zero-order valence-electron chi connectivity index (χ0n) is 18.9. The summed E-state index contributed by atoms with van der Waals surface area (Å²) in [6, 6.07) is 16.9. The van der Waals surface area contributed by atoms with Gasteiger partial charge in [-0.3, -0.25) is 9.59 Å². The molecule has 6 nitrogen and oxygen atoms in total. The predicted molar refractivity (Wildman–Crippen MR) is 136 cm³/mol. The van der Waals surface area contributed by atoms with Crippen molar-refractivity contribution < 1.29 is 9.59 Å². The van der Waals surface area contributed by atoms with Gasteiger partial charge in [-0.2, -0.15) is 5.10 Å². The number of piperidine rings is 1. The van der Waals surface area contributed by atoms with Crippen molar-refractivity contribution in [2.75, 3.05) is 18.4 Å². The van der Waals surface area contributed by atoms with E-state index in [1.165, 1.54) is 6.08 Å². The van der Waals surface area contributed by atoms with Crippen LogP contribution < -0.4 is 5.32 Å². The molecule has 2 heterocycles. The molecule has 3 aromatic rings. The van der Waals surface area contributed by atoms with E-state index in [-0.39, 0.29) is 17.7 Å². The van der Waals surface area contributed by atoms with Gasteiger partial charge in [0.2, 0.25) is 11.8 Å². The predicted octanol–water partition coefficient (Wildman–Crippen LogP) is 5.44. The third-order valence-electron chi connectivity index (χ3n) is 5.97. The number of nitrogens with zero attached hydrogens (tertiary/aromatic N) is 3. The molecule has 0 radical (unpaired) electrons. The number of likely N-dealkylation sites (tertiary alicyclic amines) is 1. The number of nitrogens with one attached hydrogen (secondary N) is 1. The molecule has 4 rings (SSSR count). The highest BCUT2D eigenvalue weighted by Crippen LogP contribution is 2.24. The molecule has 1 aliphatic rings. The maximum atomic E-state index is 12.7. The zero-order chi connectivity index (χ0) is 24.1. The summed E-state index contributed by atoms with van der Waals surface area (Å²) < 4.78 is 1.71. The summed E-state index contributed by atoms with van der Waals surface area (Å²) in [6.07, 6.45) is 4.53. The monoisotopic (exact) mass is 496 g/mol. The van der Waals surface area contributed by atoms with Gasteiger partial charge in [0, 0.05) is 41.4 Å². The normalized spacial score (nSPS) is 14.5. The number of para-hydroxylation sites is 1. The van der Waals surface area contributed by atoms with Crippen LogP contribution in [0.4, 0.5) is 5.69 Å². The van der Waals surface area contributed by atoms with Gasteiger partial charge in [0.15, 0.2) is 0 Å². The van der Waals surface area contributed by atoms with E-state index in [9.17, 15) is 9.59 Å². The van der Waals surface area contributed by atoms with Crippen LogP contribution in [0.2, 0.25) is 10.2 Å². The van der Waals surface area contributed by atoms with Crippen LogP contribution >= 0.6 is 23.2 Å². The molecule has 0 spiro atoms.